The van der Waals surface area contributed by atoms with Gasteiger partial charge in [0.15, 0.2) is 12.4 Å². The number of rotatable bonds is 7. The van der Waals surface area contributed by atoms with Crippen molar-refractivity contribution in [3.63, 3.8) is 0 Å². The van der Waals surface area contributed by atoms with Gasteiger partial charge < -0.3 is 14.4 Å². The van der Waals surface area contributed by atoms with Crippen molar-refractivity contribution >= 4 is 11.7 Å². The zero-order chi connectivity index (χ0) is 20.6. The lowest BCUT2D eigenvalue weighted by atomic mass is 10.1. The molecule has 1 amide bonds. The Morgan fingerprint density at radius 1 is 0.966 bits per heavy atom. The van der Waals surface area contributed by atoms with E-state index in [0.717, 1.165) is 38.3 Å². The molecular formula is C23H28N2O4. The van der Waals surface area contributed by atoms with E-state index in [1.54, 1.807) is 31.4 Å². The predicted molar refractivity (Wildman–Crippen MR) is 111 cm³/mol. The Morgan fingerprint density at radius 2 is 1.76 bits per heavy atom. The molecule has 0 bridgehead atoms. The van der Waals surface area contributed by atoms with E-state index < -0.39 is 0 Å². The largest absolute Gasteiger partial charge is 0.497 e. The van der Waals surface area contributed by atoms with Crippen molar-refractivity contribution in [2.24, 2.45) is 0 Å². The summed E-state index contributed by atoms with van der Waals surface area (Å²) >= 11 is 0. The van der Waals surface area contributed by atoms with E-state index in [1.807, 2.05) is 17.0 Å². The number of ether oxygens (including phenoxy) is 2. The lowest BCUT2D eigenvalue weighted by Gasteiger charge is -2.22. The van der Waals surface area contributed by atoms with Crippen LogP contribution in [0, 0.1) is 0 Å². The zero-order valence-electron chi connectivity index (χ0n) is 17.1. The average Bonchev–Trinajstić information content (AvgIpc) is 2.98. The molecule has 154 valence electrons. The van der Waals surface area contributed by atoms with E-state index in [1.165, 1.54) is 12.5 Å². The van der Waals surface area contributed by atoms with Gasteiger partial charge in [-0.3, -0.25) is 14.5 Å². The first kappa shape index (κ1) is 20.9. The second-order valence-electron chi connectivity index (χ2n) is 7.23. The number of carbonyl (C=O) groups is 2. The molecule has 0 saturated carbocycles. The quantitative estimate of drug-likeness (QED) is 0.674. The van der Waals surface area contributed by atoms with Crippen LogP contribution < -0.4 is 9.47 Å². The van der Waals surface area contributed by atoms with Gasteiger partial charge >= 0.3 is 0 Å². The first-order valence-electron chi connectivity index (χ1n) is 9.92. The summed E-state index contributed by atoms with van der Waals surface area (Å²) in [5, 5.41) is 0. The molecule has 0 aliphatic carbocycles. The molecule has 1 fully saturated rings. The van der Waals surface area contributed by atoms with Gasteiger partial charge in [0, 0.05) is 38.3 Å². The maximum Gasteiger partial charge on any atom is 0.260 e. The Kier molecular flexibility index (Phi) is 7.25. The van der Waals surface area contributed by atoms with Crippen LogP contribution in [0.25, 0.3) is 0 Å². The lowest BCUT2D eigenvalue weighted by molar-refractivity contribution is -0.133. The van der Waals surface area contributed by atoms with Gasteiger partial charge in [0.25, 0.3) is 5.91 Å². The third-order valence-electron chi connectivity index (χ3n) is 5.11. The summed E-state index contributed by atoms with van der Waals surface area (Å²) in [5.74, 6) is 1.35. The highest BCUT2D eigenvalue weighted by atomic mass is 16.5. The molecule has 0 N–H and O–H groups in total. The van der Waals surface area contributed by atoms with Crippen LogP contribution in [0.15, 0.2) is 48.5 Å². The van der Waals surface area contributed by atoms with Crippen molar-refractivity contribution in [1.82, 2.24) is 9.80 Å². The van der Waals surface area contributed by atoms with Crippen LogP contribution in [0.2, 0.25) is 0 Å². The van der Waals surface area contributed by atoms with E-state index in [0.29, 0.717) is 17.9 Å². The second-order valence-corrected chi connectivity index (χ2v) is 7.23. The Hall–Kier alpha value is -2.86. The zero-order valence-corrected chi connectivity index (χ0v) is 17.1. The standard InChI is InChI=1S/C23H28N2O4/c1-18(26)20-5-3-6-22(15-20)29-17-23(27)25-12-4-11-24(13-14-25)16-19-7-9-21(28-2)10-8-19/h3,5-10,15H,4,11-14,16-17H2,1-2H3. The van der Waals surface area contributed by atoms with E-state index >= 15 is 0 Å². The van der Waals surface area contributed by atoms with Gasteiger partial charge in [0.2, 0.25) is 0 Å². The third-order valence-corrected chi connectivity index (χ3v) is 5.11. The monoisotopic (exact) mass is 396 g/mol. The third kappa shape index (κ3) is 6.06. The van der Waals surface area contributed by atoms with E-state index in [4.69, 9.17) is 9.47 Å². The van der Waals surface area contributed by atoms with Crippen LogP contribution in [0.4, 0.5) is 0 Å². The minimum atomic E-state index is -0.0236. The molecule has 6 nitrogen and oxygen atoms in total. The summed E-state index contributed by atoms with van der Waals surface area (Å²) in [4.78, 5) is 28.3. The fraction of sp³-hybridized carbons (Fsp3) is 0.391. The van der Waals surface area contributed by atoms with Crippen LogP contribution in [0.5, 0.6) is 11.5 Å². The molecule has 2 aromatic rings. The van der Waals surface area contributed by atoms with Crippen molar-refractivity contribution in [3.8, 4) is 11.5 Å². The van der Waals surface area contributed by atoms with Gasteiger partial charge in [-0.1, -0.05) is 24.3 Å². The molecule has 0 unspecified atom stereocenters. The van der Waals surface area contributed by atoms with Crippen molar-refractivity contribution < 1.29 is 19.1 Å². The van der Waals surface area contributed by atoms with E-state index in [2.05, 4.69) is 17.0 Å². The summed E-state index contributed by atoms with van der Waals surface area (Å²) in [6, 6.07) is 15.0. The normalized spacial score (nSPS) is 14.9. The maximum atomic E-state index is 12.6. The highest BCUT2D eigenvalue weighted by Crippen LogP contribution is 2.16. The molecule has 29 heavy (non-hydrogen) atoms. The highest BCUT2D eigenvalue weighted by molar-refractivity contribution is 5.94. The van der Waals surface area contributed by atoms with Gasteiger partial charge in [-0.15, -0.1) is 0 Å². The van der Waals surface area contributed by atoms with Crippen LogP contribution in [-0.4, -0.2) is 61.4 Å². The van der Waals surface area contributed by atoms with Gasteiger partial charge in [-0.25, -0.2) is 0 Å². The average molecular weight is 396 g/mol. The van der Waals surface area contributed by atoms with Crippen LogP contribution in [-0.2, 0) is 11.3 Å². The molecule has 1 aliphatic rings. The van der Waals surface area contributed by atoms with Gasteiger partial charge in [0.05, 0.1) is 7.11 Å². The number of hydrogen-bond acceptors (Lipinski definition) is 5. The number of carbonyl (C=O) groups excluding carboxylic acids is 2. The van der Waals surface area contributed by atoms with Crippen LogP contribution >= 0.6 is 0 Å². The fourth-order valence-corrected chi connectivity index (χ4v) is 3.41. The molecule has 6 heteroatoms. The molecule has 2 aromatic carbocycles. The second kappa shape index (κ2) is 10.1. The summed E-state index contributed by atoms with van der Waals surface area (Å²) in [7, 11) is 1.67. The molecule has 3 rings (SSSR count). The Balaban J connectivity index is 1.48. The van der Waals surface area contributed by atoms with Crippen molar-refractivity contribution in [2.45, 2.75) is 19.9 Å². The molecule has 1 aliphatic heterocycles. The number of methoxy groups -OCH3 is 1. The van der Waals surface area contributed by atoms with Crippen molar-refractivity contribution in [2.75, 3.05) is 39.9 Å². The molecule has 0 spiro atoms. The molecule has 1 saturated heterocycles. The van der Waals surface area contributed by atoms with Crippen molar-refractivity contribution in [3.05, 3.63) is 59.7 Å². The fourth-order valence-electron chi connectivity index (χ4n) is 3.41. The van der Waals surface area contributed by atoms with Crippen molar-refractivity contribution in [1.29, 1.82) is 0 Å². The van der Waals surface area contributed by atoms with E-state index in [9.17, 15) is 9.59 Å². The van der Waals surface area contributed by atoms with Crippen LogP contribution in [0.3, 0.4) is 0 Å². The molecule has 1 heterocycles. The SMILES string of the molecule is COc1ccc(CN2CCCN(C(=O)COc3cccc(C(C)=O)c3)CC2)cc1. The number of amides is 1. The van der Waals surface area contributed by atoms with Gasteiger partial charge in [-0.05, 0) is 43.2 Å². The number of hydrogen-bond donors (Lipinski definition) is 0. The number of Topliss-reactive ketones (excluding diaryl/α,β-unsaturated/α-hetero) is 1. The first-order valence-corrected chi connectivity index (χ1v) is 9.92. The topological polar surface area (TPSA) is 59.1 Å². The maximum absolute atomic E-state index is 12.6. The smallest absolute Gasteiger partial charge is 0.260 e. The first-order chi connectivity index (χ1) is 14.0. The molecule has 0 radical (unpaired) electrons. The molecule has 0 atom stereocenters. The summed E-state index contributed by atoms with van der Waals surface area (Å²) in [6.45, 7) is 5.56. The van der Waals surface area contributed by atoms with E-state index in [-0.39, 0.29) is 18.3 Å². The number of nitrogens with zero attached hydrogens (tertiary/aromatic N) is 2. The summed E-state index contributed by atoms with van der Waals surface area (Å²) < 4.78 is 10.8. The minimum absolute atomic E-state index is 0.0140. The molecular weight excluding hydrogens is 368 g/mol. The minimum Gasteiger partial charge on any atom is -0.497 e. The summed E-state index contributed by atoms with van der Waals surface area (Å²) in [6.07, 6.45) is 0.932. The Labute approximate surface area is 172 Å². The molecule has 0 aromatic heterocycles. The van der Waals surface area contributed by atoms with Gasteiger partial charge in [0.1, 0.15) is 11.5 Å². The van der Waals surface area contributed by atoms with Crippen LogP contribution in [0.1, 0.15) is 29.3 Å². The highest BCUT2D eigenvalue weighted by Gasteiger charge is 2.19. The Morgan fingerprint density at radius 3 is 2.48 bits per heavy atom. The lowest BCUT2D eigenvalue weighted by Crippen LogP contribution is -2.38. The van der Waals surface area contributed by atoms with Gasteiger partial charge in [-0.2, -0.15) is 0 Å². The number of ketones is 1. The Bertz CT molecular complexity index is 835. The number of benzene rings is 2. The summed E-state index contributed by atoms with van der Waals surface area (Å²) in [5.41, 5.74) is 1.82. The predicted octanol–water partition coefficient (Wildman–Crippen LogP) is 3.01.